The van der Waals surface area contributed by atoms with Gasteiger partial charge in [-0.15, -0.1) is 0 Å². The van der Waals surface area contributed by atoms with Gasteiger partial charge in [0.05, 0.1) is 12.6 Å². The number of ether oxygens (including phenoxy) is 2. The van der Waals surface area contributed by atoms with Crippen molar-refractivity contribution in [2.45, 2.75) is 181 Å². The Kier molecular flexibility index (Phi) is 14.6. The predicted octanol–water partition coefficient (Wildman–Crippen LogP) is 8.42. The van der Waals surface area contributed by atoms with Gasteiger partial charge in [-0.3, -0.25) is 4.90 Å². The number of rotatable bonds is 14. The van der Waals surface area contributed by atoms with Crippen molar-refractivity contribution in [3.8, 4) is 11.8 Å². The summed E-state index contributed by atoms with van der Waals surface area (Å²) < 4.78 is 18.2. The molecule has 1 fully saturated rings. The van der Waals surface area contributed by atoms with Crippen LogP contribution in [0.25, 0.3) is 0 Å². The van der Waals surface area contributed by atoms with Crippen molar-refractivity contribution >= 4 is 14.4 Å². The van der Waals surface area contributed by atoms with Gasteiger partial charge in [-0.2, -0.15) is 0 Å². The molecule has 0 bridgehead atoms. The minimum atomic E-state index is -2.04. The van der Waals surface area contributed by atoms with Gasteiger partial charge < -0.3 is 19.0 Å². The molecule has 0 spiro atoms. The maximum Gasteiger partial charge on any atom is 0.413 e. The number of amides is 1. The minimum absolute atomic E-state index is 0.0696. The number of aliphatic hydroxyl groups excluding tert-OH is 1. The van der Waals surface area contributed by atoms with Crippen molar-refractivity contribution < 1.29 is 23.8 Å². The maximum atomic E-state index is 13.0. The standard InChI is InChI=1S/C32H61NO5Si/c1-12-13-14-15-16-17-18-19-20-21-22-26(38-39(10,11)31(5,6)7)23-24-28(34)27-25-36-32(8,9)33(27)29(35)37-30(2,3)4/h26-28,34H,12-22,25H2,1-11H3/t26-,27-,28+/m0/s1. The molecule has 0 aromatic carbocycles. The Morgan fingerprint density at radius 3 is 1.97 bits per heavy atom. The van der Waals surface area contributed by atoms with E-state index in [1.807, 2.05) is 34.6 Å². The van der Waals surface area contributed by atoms with Gasteiger partial charge >= 0.3 is 6.09 Å². The molecule has 228 valence electrons. The molecule has 1 saturated heterocycles. The Hall–Kier alpha value is -1.07. The molecule has 1 rings (SSSR count). The average Bonchev–Trinajstić information content (AvgIpc) is 3.11. The van der Waals surface area contributed by atoms with Crippen LogP contribution < -0.4 is 0 Å². The summed E-state index contributed by atoms with van der Waals surface area (Å²) in [4.78, 5) is 14.5. The van der Waals surface area contributed by atoms with E-state index >= 15 is 0 Å². The highest BCUT2D eigenvalue weighted by atomic mass is 28.4. The molecular weight excluding hydrogens is 506 g/mol. The van der Waals surface area contributed by atoms with E-state index in [2.05, 4.69) is 52.6 Å². The highest BCUT2D eigenvalue weighted by Crippen LogP contribution is 2.38. The van der Waals surface area contributed by atoms with Crippen LogP contribution in [0.15, 0.2) is 0 Å². The number of hydrogen-bond donors (Lipinski definition) is 1. The third kappa shape index (κ3) is 13.0. The number of carbonyl (C=O) groups excluding carboxylic acids is 1. The largest absolute Gasteiger partial charge is 0.444 e. The van der Waals surface area contributed by atoms with Crippen LogP contribution in [-0.2, 0) is 13.9 Å². The van der Waals surface area contributed by atoms with Crippen LogP contribution in [0, 0.1) is 11.8 Å². The first-order valence-corrected chi connectivity index (χ1v) is 18.4. The lowest BCUT2D eigenvalue weighted by Crippen LogP contribution is -2.53. The highest BCUT2D eigenvalue weighted by molar-refractivity contribution is 6.74. The first kappa shape index (κ1) is 36.0. The summed E-state index contributed by atoms with van der Waals surface area (Å²) in [6.45, 7) is 22.8. The molecule has 3 atom stereocenters. The lowest BCUT2D eigenvalue weighted by atomic mass is 10.0. The number of aliphatic hydroxyl groups is 1. The van der Waals surface area contributed by atoms with Crippen LogP contribution in [0.3, 0.4) is 0 Å². The van der Waals surface area contributed by atoms with Crippen LogP contribution >= 0.6 is 0 Å². The zero-order valence-electron chi connectivity index (χ0n) is 27.2. The Labute approximate surface area is 242 Å². The molecule has 1 N–H and O–H groups in total. The first-order valence-electron chi connectivity index (χ1n) is 15.4. The van der Waals surface area contributed by atoms with E-state index in [1.165, 1.54) is 62.7 Å². The lowest BCUT2D eigenvalue weighted by Gasteiger charge is -2.38. The quantitative estimate of drug-likeness (QED) is 0.130. The Morgan fingerprint density at radius 2 is 1.49 bits per heavy atom. The van der Waals surface area contributed by atoms with Gasteiger partial charge in [0, 0.05) is 0 Å². The third-order valence-corrected chi connectivity index (χ3v) is 12.4. The molecule has 0 aliphatic carbocycles. The Bertz CT molecular complexity index is 787. The fourth-order valence-corrected chi connectivity index (χ4v) is 5.76. The second kappa shape index (κ2) is 15.8. The fourth-order valence-electron chi connectivity index (χ4n) is 4.52. The highest BCUT2D eigenvalue weighted by Gasteiger charge is 2.48. The second-order valence-corrected chi connectivity index (χ2v) is 19.0. The smallest absolute Gasteiger partial charge is 0.413 e. The van der Waals surface area contributed by atoms with Crippen LogP contribution in [0.4, 0.5) is 4.79 Å². The van der Waals surface area contributed by atoms with Gasteiger partial charge in [0.25, 0.3) is 0 Å². The summed E-state index contributed by atoms with van der Waals surface area (Å²) in [5.74, 6) is 6.31. The van der Waals surface area contributed by atoms with Gasteiger partial charge in [-0.1, -0.05) is 97.3 Å². The maximum absolute atomic E-state index is 13.0. The van der Waals surface area contributed by atoms with Crippen LogP contribution in [0.5, 0.6) is 0 Å². The molecular formula is C32H61NO5Si. The molecule has 0 unspecified atom stereocenters. The van der Waals surface area contributed by atoms with E-state index < -0.39 is 37.9 Å². The van der Waals surface area contributed by atoms with Crippen molar-refractivity contribution in [3.63, 3.8) is 0 Å². The number of nitrogens with zero attached hydrogens (tertiary/aromatic N) is 1. The van der Waals surface area contributed by atoms with E-state index in [0.717, 1.165) is 12.8 Å². The fraction of sp³-hybridized carbons (Fsp3) is 0.906. The van der Waals surface area contributed by atoms with Crippen molar-refractivity contribution in [2.24, 2.45) is 0 Å². The Balaban J connectivity index is 2.84. The van der Waals surface area contributed by atoms with Gasteiger partial charge in [0.1, 0.15) is 23.5 Å². The minimum Gasteiger partial charge on any atom is -0.444 e. The van der Waals surface area contributed by atoms with Crippen molar-refractivity contribution in [1.82, 2.24) is 4.90 Å². The van der Waals surface area contributed by atoms with E-state index in [1.54, 1.807) is 0 Å². The molecule has 6 nitrogen and oxygen atoms in total. The molecule has 0 aromatic rings. The van der Waals surface area contributed by atoms with E-state index in [0.29, 0.717) is 0 Å². The lowest BCUT2D eigenvalue weighted by molar-refractivity contribution is -0.0658. The van der Waals surface area contributed by atoms with E-state index in [9.17, 15) is 9.90 Å². The Morgan fingerprint density at radius 1 is 0.974 bits per heavy atom. The molecule has 1 heterocycles. The number of unbranched alkanes of at least 4 members (excludes halogenated alkanes) is 9. The third-order valence-electron chi connectivity index (χ3n) is 7.93. The summed E-state index contributed by atoms with van der Waals surface area (Å²) in [5.41, 5.74) is -1.53. The van der Waals surface area contributed by atoms with E-state index in [4.69, 9.17) is 13.9 Å². The van der Waals surface area contributed by atoms with Gasteiger partial charge in [-0.05, 0) is 65.6 Å². The molecule has 7 heteroatoms. The van der Waals surface area contributed by atoms with Gasteiger partial charge in [-0.25, -0.2) is 4.79 Å². The molecule has 1 amide bonds. The van der Waals surface area contributed by atoms with Crippen molar-refractivity contribution in [1.29, 1.82) is 0 Å². The van der Waals surface area contributed by atoms with Crippen LogP contribution in [0.1, 0.15) is 133 Å². The topological polar surface area (TPSA) is 68.2 Å². The summed E-state index contributed by atoms with van der Waals surface area (Å²) in [7, 11) is -2.04. The summed E-state index contributed by atoms with van der Waals surface area (Å²) in [5, 5.41) is 11.2. The first-order chi connectivity index (χ1) is 17.9. The van der Waals surface area contributed by atoms with Crippen molar-refractivity contribution in [3.05, 3.63) is 0 Å². The molecule has 1 aliphatic rings. The molecule has 39 heavy (non-hydrogen) atoms. The summed E-state index contributed by atoms with van der Waals surface area (Å²) in [6, 6.07) is -0.604. The molecule has 0 aromatic heterocycles. The molecule has 0 radical (unpaired) electrons. The average molecular weight is 568 g/mol. The van der Waals surface area contributed by atoms with Crippen LogP contribution in [0.2, 0.25) is 18.1 Å². The van der Waals surface area contributed by atoms with Gasteiger partial charge in [0.15, 0.2) is 8.32 Å². The SMILES string of the molecule is CCCCCCCCCCCC[C@@H](C#C[C@@H](O)[C@@H]1COC(C)(C)N1C(=O)OC(C)(C)C)O[Si](C)(C)C(C)(C)C. The second-order valence-electron chi connectivity index (χ2n) is 14.2. The van der Waals surface area contributed by atoms with Gasteiger partial charge in [0.2, 0.25) is 0 Å². The zero-order chi connectivity index (χ0) is 29.9. The summed E-state index contributed by atoms with van der Waals surface area (Å²) in [6.07, 6.45) is 11.9. The van der Waals surface area contributed by atoms with Crippen molar-refractivity contribution in [2.75, 3.05) is 6.61 Å². The molecule has 1 aliphatic heterocycles. The predicted molar refractivity (Wildman–Crippen MR) is 164 cm³/mol. The van der Waals surface area contributed by atoms with E-state index in [-0.39, 0.29) is 17.7 Å². The zero-order valence-corrected chi connectivity index (χ0v) is 28.2. The van der Waals surface area contributed by atoms with Crippen LogP contribution in [-0.4, -0.2) is 60.6 Å². The summed E-state index contributed by atoms with van der Waals surface area (Å²) >= 11 is 0. The number of hydrogen-bond acceptors (Lipinski definition) is 5. The normalized spacial score (nSPS) is 19.4. The molecule has 0 saturated carbocycles. The number of carbonyl (C=O) groups is 1. The monoisotopic (exact) mass is 567 g/mol.